The molecule has 1 unspecified atom stereocenters. The Morgan fingerprint density at radius 2 is 2.17 bits per heavy atom. The van der Waals surface area contributed by atoms with E-state index < -0.39 is 0 Å². The van der Waals surface area contributed by atoms with Gasteiger partial charge in [0.15, 0.2) is 0 Å². The van der Waals surface area contributed by atoms with Crippen molar-refractivity contribution in [2.75, 3.05) is 19.8 Å². The van der Waals surface area contributed by atoms with E-state index in [0.29, 0.717) is 6.04 Å². The number of aromatic nitrogens is 1. The number of aryl methyl sites for hydroxylation is 1. The van der Waals surface area contributed by atoms with Gasteiger partial charge >= 0.3 is 0 Å². The summed E-state index contributed by atoms with van der Waals surface area (Å²) in [7, 11) is 0. The van der Waals surface area contributed by atoms with Crippen molar-refractivity contribution < 1.29 is 4.74 Å². The number of ether oxygens (including phenoxy) is 1. The second kappa shape index (κ2) is 6.86. The molecule has 1 saturated heterocycles. The second-order valence-electron chi connectivity index (χ2n) is 5.11. The zero-order valence-corrected chi connectivity index (χ0v) is 11.5. The highest BCUT2D eigenvalue weighted by Gasteiger charge is 2.20. The fourth-order valence-electron chi connectivity index (χ4n) is 2.63. The van der Waals surface area contributed by atoms with Crippen molar-refractivity contribution in [2.45, 2.75) is 39.2 Å². The molecule has 3 nitrogen and oxygen atoms in total. The number of nitrogens with one attached hydrogen (secondary N) is 1. The lowest BCUT2D eigenvalue weighted by atomic mass is 9.91. The Kier molecular flexibility index (Phi) is 5.14. The highest BCUT2D eigenvalue weighted by Crippen LogP contribution is 2.26. The van der Waals surface area contributed by atoms with Gasteiger partial charge in [0, 0.05) is 24.9 Å². The van der Waals surface area contributed by atoms with Crippen LogP contribution < -0.4 is 5.32 Å². The Balaban J connectivity index is 2.02. The molecule has 3 heteroatoms. The Labute approximate surface area is 110 Å². The quantitative estimate of drug-likeness (QED) is 0.870. The predicted octanol–water partition coefficient (Wildman–Crippen LogP) is 2.86. The van der Waals surface area contributed by atoms with Crippen LogP contribution in [-0.2, 0) is 4.74 Å². The van der Waals surface area contributed by atoms with E-state index in [0.717, 1.165) is 31.4 Å². The third kappa shape index (κ3) is 3.79. The molecule has 0 bridgehead atoms. The first-order chi connectivity index (χ1) is 8.79. The number of rotatable bonds is 5. The molecule has 0 aliphatic carbocycles. The Bertz CT molecular complexity index is 361. The summed E-state index contributed by atoms with van der Waals surface area (Å²) in [6, 6.07) is 6.69. The van der Waals surface area contributed by atoms with Crippen molar-refractivity contribution >= 4 is 0 Å². The summed E-state index contributed by atoms with van der Waals surface area (Å²) in [6.07, 6.45) is 3.55. The van der Waals surface area contributed by atoms with Crippen LogP contribution in [0, 0.1) is 12.8 Å². The molecule has 2 rings (SSSR count). The molecule has 1 aliphatic rings. The highest BCUT2D eigenvalue weighted by atomic mass is 16.5. The van der Waals surface area contributed by atoms with Gasteiger partial charge in [-0.3, -0.25) is 4.98 Å². The highest BCUT2D eigenvalue weighted by molar-refractivity contribution is 5.13. The topological polar surface area (TPSA) is 34.1 Å². The minimum Gasteiger partial charge on any atom is -0.381 e. The van der Waals surface area contributed by atoms with Gasteiger partial charge in [0.1, 0.15) is 0 Å². The van der Waals surface area contributed by atoms with Crippen molar-refractivity contribution in [3.8, 4) is 0 Å². The van der Waals surface area contributed by atoms with E-state index in [2.05, 4.69) is 42.3 Å². The predicted molar refractivity (Wildman–Crippen MR) is 73.6 cm³/mol. The van der Waals surface area contributed by atoms with E-state index in [-0.39, 0.29) is 0 Å². The molecule has 1 aromatic heterocycles. The van der Waals surface area contributed by atoms with Crippen molar-refractivity contribution in [3.05, 3.63) is 29.6 Å². The molecule has 18 heavy (non-hydrogen) atoms. The Hall–Kier alpha value is -0.930. The molecule has 0 amide bonds. The molecule has 1 N–H and O–H groups in total. The third-order valence-electron chi connectivity index (χ3n) is 3.63. The molecule has 100 valence electrons. The molecule has 1 atom stereocenters. The summed E-state index contributed by atoms with van der Waals surface area (Å²) in [5.74, 6) is 0.769. The first-order valence-corrected chi connectivity index (χ1v) is 7.04. The van der Waals surface area contributed by atoms with Crippen LogP contribution in [0.1, 0.15) is 43.6 Å². The molecule has 0 saturated carbocycles. The maximum Gasteiger partial charge on any atom is 0.0576 e. The molecule has 1 aromatic rings. The first kappa shape index (κ1) is 13.5. The van der Waals surface area contributed by atoms with E-state index >= 15 is 0 Å². The van der Waals surface area contributed by atoms with Gasteiger partial charge in [-0.2, -0.15) is 0 Å². The van der Waals surface area contributed by atoms with Crippen LogP contribution in [0.5, 0.6) is 0 Å². The maximum absolute atomic E-state index is 5.43. The Morgan fingerprint density at radius 3 is 2.83 bits per heavy atom. The van der Waals surface area contributed by atoms with E-state index in [4.69, 9.17) is 4.74 Å². The standard InChI is InChI=1S/C15H24N2O/c1-3-16-15(11-13-7-9-18-10-8-13)14-6-4-5-12(2)17-14/h4-6,13,15-16H,3,7-11H2,1-2H3. The average molecular weight is 248 g/mol. The van der Waals surface area contributed by atoms with Crippen molar-refractivity contribution in [1.29, 1.82) is 0 Å². The van der Waals surface area contributed by atoms with Crippen LogP contribution in [0.4, 0.5) is 0 Å². The lowest BCUT2D eigenvalue weighted by molar-refractivity contribution is 0.0604. The van der Waals surface area contributed by atoms with E-state index in [9.17, 15) is 0 Å². The van der Waals surface area contributed by atoms with Crippen molar-refractivity contribution in [2.24, 2.45) is 5.92 Å². The largest absolute Gasteiger partial charge is 0.381 e. The summed E-state index contributed by atoms with van der Waals surface area (Å²) in [4.78, 5) is 4.66. The SMILES string of the molecule is CCNC(CC1CCOCC1)c1cccc(C)n1. The number of pyridine rings is 1. The second-order valence-corrected chi connectivity index (χ2v) is 5.11. The van der Waals surface area contributed by atoms with Crippen molar-refractivity contribution in [1.82, 2.24) is 10.3 Å². The van der Waals surface area contributed by atoms with Gasteiger partial charge in [-0.05, 0) is 50.8 Å². The molecule has 2 heterocycles. The van der Waals surface area contributed by atoms with Crippen LogP contribution >= 0.6 is 0 Å². The van der Waals surface area contributed by atoms with Gasteiger partial charge in [0.25, 0.3) is 0 Å². The summed E-state index contributed by atoms with van der Waals surface area (Å²) in [5.41, 5.74) is 2.28. The molecule has 0 aromatic carbocycles. The number of hydrogen-bond acceptors (Lipinski definition) is 3. The molecule has 1 fully saturated rings. The van der Waals surface area contributed by atoms with Crippen LogP contribution in [0.25, 0.3) is 0 Å². The normalized spacial score (nSPS) is 18.8. The molecular weight excluding hydrogens is 224 g/mol. The first-order valence-electron chi connectivity index (χ1n) is 7.04. The van der Waals surface area contributed by atoms with Gasteiger partial charge < -0.3 is 10.1 Å². The number of hydrogen-bond donors (Lipinski definition) is 1. The average Bonchev–Trinajstić information content (AvgIpc) is 2.39. The molecule has 0 radical (unpaired) electrons. The molecule has 0 spiro atoms. The lowest BCUT2D eigenvalue weighted by Gasteiger charge is -2.27. The van der Waals surface area contributed by atoms with Crippen molar-refractivity contribution in [3.63, 3.8) is 0 Å². The zero-order chi connectivity index (χ0) is 12.8. The smallest absolute Gasteiger partial charge is 0.0576 e. The van der Waals surface area contributed by atoms with Gasteiger partial charge in [0.2, 0.25) is 0 Å². The molecular formula is C15H24N2O. The fraction of sp³-hybridized carbons (Fsp3) is 0.667. The summed E-state index contributed by atoms with van der Waals surface area (Å²) in [5, 5.41) is 3.57. The summed E-state index contributed by atoms with van der Waals surface area (Å²) < 4.78 is 5.43. The summed E-state index contributed by atoms with van der Waals surface area (Å²) >= 11 is 0. The van der Waals surface area contributed by atoms with Gasteiger partial charge in [-0.25, -0.2) is 0 Å². The third-order valence-corrected chi connectivity index (χ3v) is 3.63. The monoisotopic (exact) mass is 248 g/mol. The van der Waals surface area contributed by atoms with Crippen LogP contribution in [0.3, 0.4) is 0 Å². The van der Waals surface area contributed by atoms with Gasteiger partial charge in [0.05, 0.1) is 5.69 Å². The minimum atomic E-state index is 0.387. The van der Waals surface area contributed by atoms with Gasteiger partial charge in [-0.15, -0.1) is 0 Å². The van der Waals surface area contributed by atoms with Crippen LogP contribution in [0.2, 0.25) is 0 Å². The maximum atomic E-state index is 5.43. The lowest BCUT2D eigenvalue weighted by Crippen LogP contribution is -2.27. The van der Waals surface area contributed by atoms with Crippen LogP contribution in [0.15, 0.2) is 18.2 Å². The summed E-state index contributed by atoms with van der Waals surface area (Å²) in [6.45, 7) is 7.05. The number of nitrogens with zero attached hydrogens (tertiary/aromatic N) is 1. The van der Waals surface area contributed by atoms with Crippen LogP contribution in [-0.4, -0.2) is 24.7 Å². The molecule has 1 aliphatic heterocycles. The minimum absolute atomic E-state index is 0.387. The zero-order valence-electron chi connectivity index (χ0n) is 11.5. The van der Waals surface area contributed by atoms with E-state index in [1.807, 2.05) is 0 Å². The van der Waals surface area contributed by atoms with E-state index in [1.54, 1.807) is 0 Å². The van der Waals surface area contributed by atoms with Gasteiger partial charge in [-0.1, -0.05) is 13.0 Å². The van der Waals surface area contributed by atoms with E-state index in [1.165, 1.54) is 25.0 Å². The fourth-order valence-corrected chi connectivity index (χ4v) is 2.63. The Morgan fingerprint density at radius 1 is 1.39 bits per heavy atom.